The number of carbonyl (C=O) groups is 1. The topological polar surface area (TPSA) is 176 Å². The molecule has 0 saturated heterocycles. The fraction of sp³-hybridized carbons (Fsp3) is 0.111. The monoisotopic (exact) mass is 492 g/mol. The van der Waals surface area contributed by atoms with Gasteiger partial charge in [0.1, 0.15) is 21.4 Å². The smallest absolute Gasteiger partial charge is 0.360 e. The number of esters is 1. The van der Waals surface area contributed by atoms with Crippen LogP contribution in [-0.2, 0) is 14.8 Å². The summed E-state index contributed by atoms with van der Waals surface area (Å²) in [6.07, 6.45) is 0. The lowest BCUT2D eigenvalue weighted by Gasteiger charge is -2.03. The van der Waals surface area contributed by atoms with Gasteiger partial charge in [-0.2, -0.15) is 0 Å². The molecule has 0 amide bonds. The van der Waals surface area contributed by atoms with Gasteiger partial charge in [0, 0.05) is 17.1 Å². The van der Waals surface area contributed by atoms with Gasteiger partial charge in [-0.15, -0.1) is 11.3 Å². The number of anilines is 3. The van der Waals surface area contributed by atoms with Crippen molar-refractivity contribution < 1.29 is 22.5 Å². The van der Waals surface area contributed by atoms with E-state index in [0.717, 1.165) is 0 Å². The number of nitrogens with one attached hydrogen (secondary N) is 1. The number of nitrogen functional groups attached to an aromatic ring is 1. The van der Waals surface area contributed by atoms with Gasteiger partial charge in [-0.05, 0) is 31.2 Å². The molecule has 5 N–H and O–H groups in total. The van der Waals surface area contributed by atoms with E-state index in [1.165, 1.54) is 40.9 Å². The first-order valence-electron chi connectivity index (χ1n) is 9.01. The molecule has 3 heterocycles. The number of aromatic nitrogens is 3. The molecule has 0 spiro atoms. The van der Waals surface area contributed by atoms with Gasteiger partial charge in [-0.3, -0.25) is 0 Å². The number of hydrogen-bond acceptors (Lipinski definition) is 12. The predicted octanol–water partition coefficient (Wildman–Crippen LogP) is 3.07. The molecule has 14 heteroatoms. The van der Waals surface area contributed by atoms with Crippen LogP contribution in [0.25, 0.3) is 21.3 Å². The van der Waals surface area contributed by atoms with Crippen molar-refractivity contribution in [3.63, 3.8) is 0 Å². The van der Waals surface area contributed by atoms with E-state index in [1.807, 2.05) is 0 Å². The molecule has 166 valence electrons. The third kappa shape index (κ3) is 4.62. The quantitative estimate of drug-likeness (QED) is 0.325. The molecule has 0 radical (unpaired) electrons. The zero-order valence-electron chi connectivity index (χ0n) is 16.4. The Morgan fingerprint density at radius 3 is 2.69 bits per heavy atom. The molecular weight excluding hydrogens is 476 g/mol. The minimum atomic E-state index is -3.76. The van der Waals surface area contributed by atoms with E-state index in [1.54, 1.807) is 24.4 Å². The van der Waals surface area contributed by atoms with Crippen molar-refractivity contribution in [2.45, 2.75) is 11.8 Å². The number of benzene rings is 1. The highest BCUT2D eigenvalue weighted by atomic mass is 32.2. The third-order valence-electron chi connectivity index (χ3n) is 4.03. The molecule has 0 bridgehead atoms. The van der Waals surface area contributed by atoms with E-state index in [4.69, 9.17) is 20.1 Å². The van der Waals surface area contributed by atoms with Crippen molar-refractivity contribution in [2.24, 2.45) is 5.14 Å². The van der Waals surface area contributed by atoms with E-state index >= 15 is 0 Å². The summed E-state index contributed by atoms with van der Waals surface area (Å²) in [6, 6.07) is 7.40. The fourth-order valence-corrected chi connectivity index (χ4v) is 4.91. The maximum atomic E-state index is 11.8. The first-order chi connectivity index (χ1) is 15.2. The van der Waals surface area contributed by atoms with Gasteiger partial charge in [-0.1, -0.05) is 16.5 Å². The van der Waals surface area contributed by atoms with Gasteiger partial charge in [-0.25, -0.2) is 28.3 Å². The Bertz CT molecular complexity index is 1370. The molecule has 3 aromatic heterocycles. The van der Waals surface area contributed by atoms with Crippen molar-refractivity contribution in [2.75, 3.05) is 17.7 Å². The van der Waals surface area contributed by atoms with Gasteiger partial charge in [0.2, 0.25) is 10.0 Å². The van der Waals surface area contributed by atoms with Crippen LogP contribution >= 0.6 is 22.7 Å². The normalized spacial score (nSPS) is 11.4. The Kier molecular flexibility index (Phi) is 5.92. The van der Waals surface area contributed by atoms with Gasteiger partial charge in [0.05, 0.1) is 11.5 Å². The number of carbonyl (C=O) groups excluding carboxylic acids is 1. The molecule has 0 saturated carbocycles. The number of nitrogens with zero attached hydrogens (tertiary/aromatic N) is 3. The molecule has 4 rings (SSSR count). The summed E-state index contributed by atoms with van der Waals surface area (Å²) in [4.78, 5) is 21.2. The number of primary sulfonamides is 1. The van der Waals surface area contributed by atoms with Crippen LogP contribution in [0, 0.1) is 0 Å². The van der Waals surface area contributed by atoms with Crippen LogP contribution in [0.1, 0.15) is 17.4 Å². The van der Waals surface area contributed by atoms with Gasteiger partial charge >= 0.3 is 5.97 Å². The highest BCUT2D eigenvalue weighted by Gasteiger charge is 2.19. The maximum absolute atomic E-state index is 11.8. The zero-order valence-corrected chi connectivity index (χ0v) is 18.9. The molecule has 0 aliphatic carbocycles. The molecule has 11 nitrogen and oxygen atoms in total. The summed E-state index contributed by atoms with van der Waals surface area (Å²) in [7, 11) is -3.76. The Morgan fingerprint density at radius 1 is 1.25 bits per heavy atom. The molecule has 0 unspecified atom stereocenters. The number of rotatable bonds is 7. The lowest BCUT2D eigenvalue weighted by Crippen LogP contribution is -2.11. The first-order valence-corrected chi connectivity index (χ1v) is 12.2. The van der Waals surface area contributed by atoms with Crippen molar-refractivity contribution >= 4 is 55.3 Å². The number of hydrogen-bond donors (Lipinski definition) is 3. The first kappa shape index (κ1) is 21.9. The second-order valence-electron chi connectivity index (χ2n) is 6.26. The van der Waals surface area contributed by atoms with E-state index < -0.39 is 16.0 Å². The molecule has 1 aromatic carbocycles. The van der Waals surface area contributed by atoms with Gasteiger partial charge in [0.25, 0.3) is 0 Å². The van der Waals surface area contributed by atoms with E-state index in [2.05, 4.69) is 20.4 Å². The van der Waals surface area contributed by atoms with Crippen molar-refractivity contribution in [3.8, 4) is 21.3 Å². The fourth-order valence-electron chi connectivity index (χ4n) is 2.58. The summed E-state index contributed by atoms with van der Waals surface area (Å²) >= 11 is 2.61. The maximum Gasteiger partial charge on any atom is 0.360 e. The summed E-state index contributed by atoms with van der Waals surface area (Å²) in [5.74, 6) is 0.0359. The van der Waals surface area contributed by atoms with Crippen LogP contribution < -0.4 is 16.2 Å². The molecule has 0 atom stereocenters. The van der Waals surface area contributed by atoms with E-state index in [0.29, 0.717) is 32.2 Å². The van der Waals surface area contributed by atoms with E-state index in [-0.39, 0.29) is 23.0 Å². The zero-order chi connectivity index (χ0) is 22.9. The minimum absolute atomic E-state index is 0.0104. The average Bonchev–Trinajstić information content (AvgIpc) is 3.47. The average molecular weight is 493 g/mol. The van der Waals surface area contributed by atoms with Gasteiger partial charge in [0.15, 0.2) is 16.6 Å². The lowest BCUT2D eigenvalue weighted by molar-refractivity contribution is 0.0514. The van der Waals surface area contributed by atoms with Crippen molar-refractivity contribution in [3.05, 3.63) is 41.4 Å². The molecule has 32 heavy (non-hydrogen) atoms. The van der Waals surface area contributed by atoms with E-state index in [9.17, 15) is 13.2 Å². The molecule has 0 fully saturated rings. The highest BCUT2D eigenvalue weighted by molar-refractivity contribution is 7.89. The number of sulfonamides is 1. The summed E-state index contributed by atoms with van der Waals surface area (Å²) in [6.45, 7) is 1.94. The molecule has 0 aliphatic rings. The van der Waals surface area contributed by atoms with Crippen LogP contribution in [0.4, 0.5) is 16.6 Å². The Balaban J connectivity index is 1.52. The van der Waals surface area contributed by atoms with Crippen LogP contribution in [0.15, 0.2) is 45.1 Å². The van der Waals surface area contributed by atoms with Crippen LogP contribution in [0.5, 0.6) is 0 Å². The van der Waals surface area contributed by atoms with Crippen molar-refractivity contribution in [1.82, 2.24) is 15.1 Å². The van der Waals surface area contributed by atoms with Crippen LogP contribution in [0.3, 0.4) is 0 Å². The lowest BCUT2D eigenvalue weighted by atomic mass is 10.3. The predicted molar refractivity (Wildman–Crippen MR) is 120 cm³/mol. The summed E-state index contributed by atoms with van der Waals surface area (Å²) in [5.41, 5.74) is 7.24. The number of ether oxygens (including phenoxy) is 1. The van der Waals surface area contributed by atoms with Crippen LogP contribution in [0.2, 0.25) is 0 Å². The van der Waals surface area contributed by atoms with Crippen molar-refractivity contribution in [1.29, 1.82) is 0 Å². The molecular formula is C18H16N6O5S3. The third-order valence-corrected chi connectivity index (χ3v) is 6.94. The second-order valence-corrected chi connectivity index (χ2v) is 9.68. The highest BCUT2D eigenvalue weighted by Crippen LogP contribution is 2.39. The largest absolute Gasteiger partial charge is 0.461 e. The number of nitrogens with two attached hydrogens (primary N) is 2. The SMILES string of the molecule is CCOC(=O)c1cc(-c2csc(-c3sc(Nc4ccc(S(N)(=O)=O)cc4)nc3N)n2)on1. The number of thiazole rings is 2. The molecule has 4 aromatic rings. The van der Waals surface area contributed by atoms with Crippen LogP contribution in [-0.4, -0.2) is 36.1 Å². The standard InChI is InChI=1S/C18H16N6O5S3/c1-2-28-17(25)11-7-13(29-24-11)12-8-30-16(22-12)14-15(19)23-18(31-14)21-9-3-5-10(6-4-9)32(20,26)27/h3-8H,2,19H2,1H3,(H,21,23)(H2,20,26,27). The summed E-state index contributed by atoms with van der Waals surface area (Å²) in [5, 5.41) is 14.8. The Labute approximate surface area is 190 Å². The summed E-state index contributed by atoms with van der Waals surface area (Å²) < 4.78 is 32.8. The van der Waals surface area contributed by atoms with Gasteiger partial charge < -0.3 is 20.3 Å². The second kappa shape index (κ2) is 8.66. The Morgan fingerprint density at radius 2 is 2.00 bits per heavy atom. The Hall–Kier alpha value is -3.33. The molecule has 0 aliphatic heterocycles. The minimum Gasteiger partial charge on any atom is -0.461 e.